The Bertz CT molecular complexity index is 984. The Kier molecular flexibility index (Phi) is 5.33. The number of hydrogen-bond acceptors (Lipinski definition) is 6. The molecular formula is C20H25N5OS2. The molecule has 148 valence electrons. The molecule has 3 aromatic rings. The van der Waals surface area contributed by atoms with Crippen LogP contribution in [0.15, 0.2) is 29.2 Å². The number of aromatic nitrogens is 3. The Morgan fingerprint density at radius 1 is 1.32 bits per heavy atom. The quantitative estimate of drug-likeness (QED) is 0.607. The highest BCUT2D eigenvalue weighted by Crippen LogP contribution is 2.35. The predicted molar refractivity (Wildman–Crippen MR) is 117 cm³/mol. The van der Waals surface area contributed by atoms with Gasteiger partial charge in [-0.25, -0.2) is 4.98 Å². The van der Waals surface area contributed by atoms with Crippen LogP contribution < -0.4 is 4.90 Å². The van der Waals surface area contributed by atoms with Crippen molar-refractivity contribution in [3.63, 3.8) is 0 Å². The molecule has 4 rings (SSSR count). The number of thioether (sulfide) groups is 1. The third-order valence-corrected chi connectivity index (χ3v) is 7.38. The van der Waals surface area contributed by atoms with Crippen molar-refractivity contribution in [1.82, 2.24) is 19.7 Å². The van der Waals surface area contributed by atoms with E-state index in [0.717, 1.165) is 42.3 Å². The van der Waals surface area contributed by atoms with Crippen LogP contribution in [0.2, 0.25) is 0 Å². The maximum Gasteiger partial charge on any atom is 0.274 e. The number of fused-ring (bicyclic) bond motifs is 1. The van der Waals surface area contributed by atoms with Crippen molar-refractivity contribution in [1.29, 1.82) is 0 Å². The van der Waals surface area contributed by atoms with E-state index in [1.165, 1.54) is 9.60 Å². The fourth-order valence-corrected chi connectivity index (χ4v) is 5.34. The van der Waals surface area contributed by atoms with Gasteiger partial charge in [0.25, 0.3) is 5.91 Å². The first-order chi connectivity index (χ1) is 13.5. The predicted octanol–water partition coefficient (Wildman–Crippen LogP) is 3.80. The maximum atomic E-state index is 12.8. The Balaban J connectivity index is 1.43. The molecular weight excluding hydrogens is 390 g/mol. The number of carbonyl (C=O) groups excluding carboxylic acids is 1. The van der Waals surface area contributed by atoms with Gasteiger partial charge in [-0.2, -0.15) is 5.10 Å². The third kappa shape index (κ3) is 3.51. The first-order valence-electron chi connectivity index (χ1n) is 9.44. The molecule has 0 aliphatic carbocycles. The second-order valence-corrected chi connectivity index (χ2v) is 9.09. The number of anilines is 1. The van der Waals surface area contributed by atoms with Gasteiger partial charge in [0, 0.05) is 43.8 Å². The molecule has 2 aromatic heterocycles. The Hall–Kier alpha value is -2.06. The van der Waals surface area contributed by atoms with Crippen molar-refractivity contribution in [2.45, 2.75) is 30.7 Å². The average molecular weight is 416 g/mol. The Morgan fingerprint density at radius 3 is 2.71 bits per heavy atom. The SMILES string of the molecule is CSc1cccc2sc(N3CCC(N(C)C(=O)c4cc(C)n(C)n4)CC3)nc12. The monoisotopic (exact) mass is 415 g/mol. The zero-order valence-corrected chi connectivity index (χ0v) is 18.3. The molecule has 0 bridgehead atoms. The smallest absolute Gasteiger partial charge is 0.274 e. The summed E-state index contributed by atoms with van der Waals surface area (Å²) >= 11 is 3.50. The summed E-state index contributed by atoms with van der Waals surface area (Å²) in [5, 5.41) is 5.42. The molecule has 28 heavy (non-hydrogen) atoms. The number of hydrogen-bond donors (Lipinski definition) is 0. The van der Waals surface area contributed by atoms with Crippen molar-refractivity contribution < 1.29 is 4.79 Å². The summed E-state index contributed by atoms with van der Waals surface area (Å²) in [7, 11) is 3.76. The van der Waals surface area contributed by atoms with Crippen LogP contribution in [0.3, 0.4) is 0 Å². The molecule has 1 aliphatic rings. The van der Waals surface area contributed by atoms with Gasteiger partial charge in [-0.05, 0) is 44.2 Å². The Labute approximate surface area is 173 Å². The fraction of sp³-hybridized carbons (Fsp3) is 0.450. The number of aryl methyl sites for hydroxylation is 2. The number of amides is 1. The summed E-state index contributed by atoms with van der Waals surface area (Å²) in [4.78, 5) is 23.1. The van der Waals surface area contributed by atoms with E-state index < -0.39 is 0 Å². The van der Waals surface area contributed by atoms with Crippen LogP contribution in [-0.2, 0) is 7.05 Å². The molecule has 0 saturated carbocycles. The fourth-order valence-electron chi connectivity index (χ4n) is 3.67. The van der Waals surface area contributed by atoms with Crippen molar-refractivity contribution in [2.75, 3.05) is 31.3 Å². The zero-order chi connectivity index (χ0) is 19.8. The van der Waals surface area contributed by atoms with E-state index >= 15 is 0 Å². The van der Waals surface area contributed by atoms with Gasteiger partial charge in [-0.1, -0.05) is 17.4 Å². The molecule has 0 radical (unpaired) electrons. The van der Waals surface area contributed by atoms with Gasteiger partial charge >= 0.3 is 0 Å². The lowest BCUT2D eigenvalue weighted by atomic mass is 10.0. The second-order valence-electron chi connectivity index (χ2n) is 7.23. The molecule has 0 atom stereocenters. The molecule has 8 heteroatoms. The molecule has 1 saturated heterocycles. The lowest BCUT2D eigenvalue weighted by molar-refractivity contribution is 0.0702. The maximum absolute atomic E-state index is 12.8. The summed E-state index contributed by atoms with van der Waals surface area (Å²) in [6, 6.07) is 8.47. The molecule has 1 aromatic carbocycles. The molecule has 1 aliphatic heterocycles. The number of carbonyl (C=O) groups is 1. The highest BCUT2D eigenvalue weighted by atomic mass is 32.2. The van der Waals surface area contributed by atoms with E-state index in [1.807, 2.05) is 32.0 Å². The largest absolute Gasteiger partial charge is 0.348 e. The summed E-state index contributed by atoms with van der Waals surface area (Å²) in [6.45, 7) is 3.79. The van der Waals surface area contributed by atoms with Gasteiger partial charge in [0.15, 0.2) is 10.8 Å². The van der Waals surface area contributed by atoms with Crippen LogP contribution >= 0.6 is 23.1 Å². The molecule has 1 fully saturated rings. The topological polar surface area (TPSA) is 54.3 Å². The summed E-state index contributed by atoms with van der Waals surface area (Å²) in [5.74, 6) is 0.00625. The number of piperidine rings is 1. The summed E-state index contributed by atoms with van der Waals surface area (Å²) < 4.78 is 2.99. The van der Waals surface area contributed by atoms with Crippen LogP contribution in [0.5, 0.6) is 0 Å². The number of rotatable bonds is 4. The van der Waals surface area contributed by atoms with Crippen molar-refractivity contribution in [3.8, 4) is 0 Å². The minimum absolute atomic E-state index is 0.00625. The van der Waals surface area contributed by atoms with Gasteiger partial charge in [0.05, 0.1) is 10.2 Å². The van der Waals surface area contributed by atoms with E-state index in [0.29, 0.717) is 5.69 Å². The number of thiazole rings is 1. The van der Waals surface area contributed by atoms with Gasteiger partial charge in [-0.15, -0.1) is 11.8 Å². The highest BCUT2D eigenvalue weighted by Gasteiger charge is 2.28. The lowest BCUT2D eigenvalue weighted by Gasteiger charge is -2.36. The van der Waals surface area contributed by atoms with Gasteiger partial charge in [-0.3, -0.25) is 9.48 Å². The van der Waals surface area contributed by atoms with Gasteiger partial charge in [0.1, 0.15) is 0 Å². The van der Waals surface area contributed by atoms with Crippen molar-refractivity contribution >= 4 is 44.4 Å². The van der Waals surface area contributed by atoms with Crippen molar-refractivity contribution in [2.24, 2.45) is 7.05 Å². The van der Waals surface area contributed by atoms with E-state index in [1.54, 1.807) is 27.8 Å². The zero-order valence-electron chi connectivity index (χ0n) is 16.7. The molecule has 0 unspecified atom stereocenters. The highest BCUT2D eigenvalue weighted by molar-refractivity contribution is 7.98. The van der Waals surface area contributed by atoms with Crippen LogP contribution in [-0.4, -0.2) is 58.0 Å². The van der Waals surface area contributed by atoms with Crippen LogP contribution in [0.25, 0.3) is 10.2 Å². The van der Waals surface area contributed by atoms with E-state index in [2.05, 4.69) is 34.5 Å². The average Bonchev–Trinajstić information content (AvgIpc) is 3.30. The van der Waals surface area contributed by atoms with Crippen molar-refractivity contribution in [3.05, 3.63) is 35.7 Å². The van der Waals surface area contributed by atoms with Crippen LogP contribution in [0.1, 0.15) is 29.0 Å². The van der Waals surface area contributed by atoms with E-state index in [4.69, 9.17) is 4.98 Å². The summed E-state index contributed by atoms with van der Waals surface area (Å²) in [6.07, 6.45) is 3.98. The molecule has 3 heterocycles. The van der Waals surface area contributed by atoms with Crippen LogP contribution in [0, 0.1) is 6.92 Å². The normalized spacial score (nSPS) is 15.4. The van der Waals surface area contributed by atoms with Gasteiger partial charge in [0.2, 0.25) is 0 Å². The number of benzene rings is 1. The molecule has 6 nitrogen and oxygen atoms in total. The minimum atomic E-state index is 0.00625. The standard InChI is InChI=1S/C20H25N5OS2/c1-13-12-15(22-24(13)3)19(26)23(2)14-8-10-25(11-9-14)20-21-18-16(27-4)6-5-7-17(18)28-20/h5-7,12,14H,8-11H2,1-4H3. The molecule has 0 spiro atoms. The van der Waals surface area contributed by atoms with Gasteiger partial charge < -0.3 is 9.80 Å². The first kappa shape index (κ1) is 19.3. The minimum Gasteiger partial charge on any atom is -0.348 e. The van der Waals surface area contributed by atoms with E-state index in [9.17, 15) is 4.79 Å². The summed E-state index contributed by atoms with van der Waals surface area (Å²) in [5.41, 5.74) is 2.63. The Morgan fingerprint density at radius 2 is 2.07 bits per heavy atom. The number of para-hydroxylation sites is 1. The first-order valence-corrected chi connectivity index (χ1v) is 11.5. The lowest BCUT2D eigenvalue weighted by Crippen LogP contribution is -2.45. The second kappa shape index (κ2) is 7.75. The third-order valence-electron chi connectivity index (χ3n) is 5.53. The van der Waals surface area contributed by atoms with Crippen LogP contribution in [0.4, 0.5) is 5.13 Å². The number of nitrogens with zero attached hydrogens (tertiary/aromatic N) is 5. The molecule has 0 N–H and O–H groups in total. The van der Waals surface area contributed by atoms with E-state index in [-0.39, 0.29) is 11.9 Å². The molecule has 1 amide bonds.